The lowest BCUT2D eigenvalue weighted by atomic mass is 10.1. The second-order valence-electron chi connectivity index (χ2n) is 5.48. The van der Waals surface area contributed by atoms with Crippen molar-refractivity contribution in [3.05, 3.63) is 53.6 Å². The lowest BCUT2D eigenvalue weighted by Crippen LogP contribution is -2.23. The maximum Gasteiger partial charge on any atom is 0.193 e. The molecule has 25 heavy (non-hydrogen) atoms. The maximum atomic E-state index is 6.00. The van der Waals surface area contributed by atoms with E-state index in [1.165, 1.54) is 0 Å². The minimum atomic E-state index is 0.313. The highest BCUT2D eigenvalue weighted by atomic mass is 16.5. The van der Waals surface area contributed by atoms with Crippen molar-refractivity contribution in [3.8, 4) is 11.5 Å². The molecule has 0 spiro atoms. The molecule has 0 heterocycles. The number of guanidine groups is 1. The Hall–Kier alpha value is -2.73. The van der Waals surface area contributed by atoms with E-state index < -0.39 is 0 Å². The first kappa shape index (κ1) is 18.6. The van der Waals surface area contributed by atoms with Crippen molar-refractivity contribution in [2.45, 2.75) is 13.5 Å². The van der Waals surface area contributed by atoms with Gasteiger partial charge in [0, 0.05) is 12.7 Å². The number of aryl methyl sites for hydroxylation is 1. The number of benzene rings is 2. The second kappa shape index (κ2) is 9.54. The molecule has 6 nitrogen and oxygen atoms in total. The fraction of sp³-hybridized carbons (Fsp3) is 0.316. The van der Waals surface area contributed by atoms with Gasteiger partial charge < -0.3 is 25.3 Å². The summed E-state index contributed by atoms with van der Waals surface area (Å²) in [6.45, 7) is 3.46. The highest BCUT2D eigenvalue weighted by molar-refractivity contribution is 5.93. The van der Waals surface area contributed by atoms with E-state index in [1.54, 1.807) is 14.2 Å². The standard InChI is InChI=1S/C19H25N3O3/c1-14-8-9-15(18(12-14)25-11-10-23-2)13-21-19(20)22-16-6-4-5-7-17(16)24-3/h4-9,12H,10-11,13H2,1-3H3,(H3,20,21,22). The molecular formula is C19H25N3O3. The van der Waals surface area contributed by atoms with Crippen molar-refractivity contribution in [3.63, 3.8) is 0 Å². The number of ether oxygens (including phenoxy) is 3. The minimum absolute atomic E-state index is 0.313. The zero-order chi connectivity index (χ0) is 18.1. The number of para-hydroxylation sites is 2. The molecule has 0 aromatic heterocycles. The summed E-state index contributed by atoms with van der Waals surface area (Å²) in [6, 6.07) is 13.6. The topological polar surface area (TPSA) is 78.1 Å². The van der Waals surface area contributed by atoms with E-state index in [9.17, 15) is 0 Å². The second-order valence-corrected chi connectivity index (χ2v) is 5.48. The van der Waals surface area contributed by atoms with Gasteiger partial charge in [0.25, 0.3) is 0 Å². The van der Waals surface area contributed by atoms with Crippen LogP contribution in [0.2, 0.25) is 0 Å². The molecule has 134 valence electrons. The Morgan fingerprint density at radius 2 is 1.88 bits per heavy atom. The third kappa shape index (κ3) is 5.69. The van der Waals surface area contributed by atoms with E-state index in [-0.39, 0.29) is 0 Å². The van der Waals surface area contributed by atoms with Crippen LogP contribution in [-0.4, -0.2) is 33.4 Å². The van der Waals surface area contributed by atoms with Crippen molar-refractivity contribution >= 4 is 11.6 Å². The lowest BCUT2D eigenvalue weighted by molar-refractivity contribution is 0.146. The summed E-state index contributed by atoms with van der Waals surface area (Å²) in [6.07, 6.45) is 0. The number of nitrogens with zero attached hydrogens (tertiary/aromatic N) is 1. The zero-order valence-corrected chi connectivity index (χ0v) is 14.9. The normalized spacial score (nSPS) is 11.2. The zero-order valence-electron chi connectivity index (χ0n) is 14.9. The maximum absolute atomic E-state index is 6.00. The molecule has 0 saturated heterocycles. The third-order valence-corrected chi connectivity index (χ3v) is 3.56. The Kier molecular flexibility index (Phi) is 7.10. The van der Waals surface area contributed by atoms with Gasteiger partial charge in [0.2, 0.25) is 0 Å². The fourth-order valence-corrected chi connectivity index (χ4v) is 2.26. The van der Waals surface area contributed by atoms with E-state index in [1.807, 2.05) is 49.4 Å². The Bertz CT molecular complexity index is 717. The summed E-state index contributed by atoms with van der Waals surface area (Å²) >= 11 is 0. The molecule has 2 aromatic carbocycles. The molecule has 0 amide bonds. The fourth-order valence-electron chi connectivity index (χ4n) is 2.26. The van der Waals surface area contributed by atoms with Gasteiger partial charge >= 0.3 is 0 Å². The van der Waals surface area contributed by atoms with Crippen LogP contribution in [0, 0.1) is 6.92 Å². The van der Waals surface area contributed by atoms with Gasteiger partial charge in [-0.05, 0) is 30.7 Å². The van der Waals surface area contributed by atoms with Crippen LogP contribution in [0.5, 0.6) is 11.5 Å². The molecule has 2 aromatic rings. The number of nitrogens with two attached hydrogens (primary N) is 1. The number of rotatable bonds is 8. The molecule has 0 fully saturated rings. The monoisotopic (exact) mass is 343 g/mol. The van der Waals surface area contributed by atoms with Gasteiger partial charge in [0.1, 0.15) is 18.1 Å². The van der Waals surface area contributed by atoms with E-state index in [0.717, 1.165) is 22.6 Å². The molecule has 0 atom stereocenters. The molecule has 0 bridgehead atoms. The van der Waals surface area contributed by atoms with Crippen molar-refractivity contribution in [1.29, 1.82) is 0 Å². The van der Waals surface area contributed by atoms with Crippen LogP contribution in [0.3, 0.4) is 0 Å². The number of anilines is 1. The van der Waals surface area contributed by atoms with Crippen molar-refractivity contribution in [2.75, 3.05) is 32.8 Å². The molecular weight excluding hydrogens is 318 g/mol. The average molecular weight is 343 g/mol. The highest BCUT2D eigenvalue weighted by Gasteiger charge is 2.06. The summed E-state index contributed by atoms with van der Waals surface area (Å²) in [5, 5.41) is 3.06. The smallest absolute Gasteiger partial charge is 0.193 e. The van der Waals surface area contributed by atoms with Crippen LogP contribution in [0.4, 0.5) is 5.69 Å². The Labute approximate surface area is 148 Å². The van der Waals surface area contributed by atoms with Crippen LogP contribution < -0.4 is 20.5 Å². The Morgan fingerprint density at radius 1 is 1.08 bits per heavy atom. The Morgan fingerprint density at radius 3 is 2.64 bits per heavy atom. The van der Waals surface area contributed by atoms with Gasteiger partial charge in [0.15, 0.2) is 5.96 Å². The van der Waals surface area contributed by atoms with Crippen LogP contribution in [-0.2, 0) is 11.3 Å². The van der Waals surface area contributed by atoms with Gasteiger partial charge in [-0.1, -0.05) is 24.3 Å². The molecule has 0 aliphatic rings. The van der Waals surface area contributed by atoms with Crippen LogP contribution >= 0.6 is 0 Å². The first-order chi connectivity index (χ1) is 12.1. The minimum Gasteiger partial charge on any atom is -0.495 e. The van der Waals surface area contributed by atoms with E-state index >= 15 is 0 Å². The first-order valence-corrected chi connectivity index (χ1v) is 8.05. The number of methoxy groups -OCH3 is 2. The lowest BCUT2D eigenvalue weighted by Gasteiger charge is -2.12. The van der Waals surface area contributed by atoms with Crippen molar-refractivity contribution < 1.29 is 14.2 Å². The molecule has 0 radical (unpaired) electrons. The summed E-state index contributed by atoms with van der Waals surface area (Å²) in [5.74, 6) is 1.82. The predicted molar refractivity (Wildman–Crippen MR) is 100 cm³/mol. The third-order valence-electron chi connectivity index (χ3n) is 3.56. The number of nitrogens with one attached hydrogen (secondary N) is 1. The SMILES string of the molecule is COCCOc1cc(C)ccc1CN=C(N)Nc1ccccc1OC. The number of hydrogen-bond donors (Lipinski definition) is 2. The summed E-state index contributed by atoms with van der Waals surface area (Å²) in [7, 11) is 3.26. The van der Waals surface area contributed by atoms with Gasteiger partial charge in [-0.2, -0.15) is 0 Å². The van der Waals surface area contributed by atoms with Crippen LogP contribution in [0.15, 0.2) is 47.5 Å². The number of aliphatic imine (C=N–C) groups is 1. The van der Waals surface area contributed by atoms with E-state index in [2.05, 4.69) is 10.3 Å². The summed E-state index contributed by atoms with van der Waals surface area (Å²) in [4.78, 5) is 4.40. The first-order valence-electron chi connectivity index (χ1n) is 8.05. The number of hydrogen-bond acceptors (Lipinski definition) is 4. The summed E-state index contributed by atoms with van der Waals surface area (Å²) < 4.78 is 16.1. The molecule has 0 aliphatic carbocycles. The molecule has 0 saturated carbocycles. The van der Waals surface area contributed by atoms with Crippen molar-refractivity contribution in [1.82, 2.24) is 0 Å². The van der Waals surface area contributed by atoms with Crippen LogP contribution in [0.25, 0.3) is 0 Å². The average Bonchev–Trinajstić information content (AvgIpc) is 2.61. The van der Waals surface area contributed by atoms with Crippen LogP contribution in [0.1, 0.15) is 11.1 Å². The van der Waals surface area contributed by atoms with Gasteiger partial charge in [-0.15, -0.1) is 0 Å². The molecule has 0 aliphatic heterocycles. The van der Waals surface area contributed by atoms with Gasteiger partial charge in [-0.3, -0.25) is 0 Å². The Balaban J connectivity index is 2.07. The predicted octanol–water partition coefficient (Wildman–Crippen LogP) is 2.96. The quantitative estimate of drug-likeness (QED) is 0.438. The largest absolute Gasteiger partial charge is 0.495 e. The summed E-state index contributed by atoms with van der Waals surface area (Å²) in [5.41, 5.74) is 8.86. The highest BCUT2D eigenvalue weighted by Crippen LogP contribution is 2.23. The van der Waals surface area contributed by atoms with Gasteiger partial charge in [-0.25, -0.2) is 4.99 Å². The molecule has 3 N–H and O–H groups in total. The molecule has 0 unspecified atom stereocenters. The van der Waals surface area contributed by atoms with E-state index in [4.69, 9.17) is 19.9 Å². The van der Waals surface area contributed by atoms with E-state index in [0.29, 0.717) is 31.5 Å². The molecule has 6 heteroatoms. The van der Waals surface area contributed by atoms with Crippen molar-refractivity contribution in [2.24, 2.45) is 10.7 Å². The van der Waals surface area contributed by atoms with Gasteiger partial charge in [0.05, 0.1) is 25.9 Å². The molecule has 2 rings (SSSR count).